The van der Waals surface area contributed by atoms with Crippen LogP contribution in [0.1, 0.15) is 58.3 Å². The molecule has 0 fully saturated rings. The minimum absolute atomic E-state index is 0. The van der Waals surface area contributed by atoms with E-state index in [4.69, 9.17) is 0 Å². The van der Waals surface area contributed by atoms with Gasteiger partial charge in [-0.15, -0.1) is 0 Å². The normalized spacial score (nSPS) is 13.1. The van der Waals surface area contributed by atoms with Gasteiger partial charge in [-0.05, 0) is 6.42 Å². The Kier molecular flexibility index (Phi) is 15.3. The quantitative estimate of drug-likeness (QED) is 0.319. The van der Waals surface area contributed by atoms with E-state index in [0.717, 1.165) is 19.3 Å². The minimum atomic E-state index is -4.28. The van der Waals surface area contributed by atoms with Gasteiger partial charge in [0, 0.05) is 0 Å². The summed E-state index contributed by atoms with van der Waals surface area (Å²) in [7, 11) is -4.28. The van der Waals surface area contributed by atoms with E-state index in [2.05, 4.69) is 6.92 Å². The molecule has 0 aliphatic rings. The summed E-state index contributed by atoms with van der Waals surface area (Å²) in [5, 5.41) is 9.25. The average Bonchev–Trinajstić information content (AvgIpc) is 2.13. The molecule has 0 spiro atoms. The zero-order valence-corrected chi connectivity index (χ0v) is 15.0. The number of rotatable bonds is 10. The molecule has 0 bridgehead atoms. The predicted molar refractivity (Wildman–Crippen MR) is 63.2 cm³/mol. The Balaban J connectivity index is 0. The van der Waals surface area contributed by atoms with E-state index < -0.39 is 22.0 Å². The molecule has 0 amide bonds. The van der Waals surface area contributed by atoms with Gasteiger partial charge in [0.25, 0.3) is 0 Å². The van der Waals surface area contributed by atoms with Crippen LogP contribution in [-0.4, -0.2) is 29.9 Å². The van der Waals surface area contributed by atoms with E-state index in [1.807, 2.05) is 0 Å². The maximum absolute atomic E-state index is 10.3. The molecule has 1 unspecified atom stereocenters. The molecule has 1 N–H and O–H groups in total. The third kappa shape index (κ3) is 17.5. The van der Waals surface area contributed by atoms with E-state index in [0.29, 0.717) is 6.42 Å². The second-order valence-electron chi connectivity index (χ2n) is 4.29. The van der Waals surface area contributed by atoms with Crippen molar-refractivity contribution in [3.63, 3.8) is 0 Å². The standard InChI is InChI=1S/C11H24O4S.K/c1-2-3-4-5-6-7-8-9-11(12)10-16(13,14)15;/h11-12H,2-10H2,1H3,(H,13,14,15);/q;+1/p-1. The summed E-state index contributed by atoms with van der Waals surface area (Å²) >= 11 is 0. The van der Waals surface area contributed by atoms with Crippen molar-refractivity contribution in [2.45, 2.75) is 64.4 Å². The van der Waals surface area contributed by atoms with Gasteiger partial charge >= 0.3 is 51.4 Å². The van der Waals surface area contributed by atoms with E-state index in [9.17, 15) is 18.1 Å². The summed E-state index contributed by atoms with van der Waals surface area (Å²) in [5.74, 6) is -0.650. The molecule has 4 nitrogen and oxygen atoms in total. The van der Waals surface area contributed by atoms with Gasteiger partial charge in [-0.1, -0.05) is 51.9 Å². The smallest absolute Gasteiger partial charge is 0.748 e. The largest absolute Gasteiger partial charge is 1.00 e. The SMILES string of the molecule is CCCCCCCCCC(O)CS(=O)(=O)[O-].[K+]. The maximum atomic E-state index is 10.3. The Morgan fingerprint density at radius 1 is 1.06 bits per heavy atom. The molecule has 0 saturated carbocycles. The summed E-state index contributed by atoms with van der Waals surface area (Å²) in [6, 6.07) is 0. The fourth-order valence-electron chi connectivity index (χ4n) is 1.66. The van der Waals surface area contributed by atoms with Crippen molar-refractivity contribution in [3.05, 3.63) is 0 Å². The zero-order valence-electron chi connectivity index (χ0n) is 11.0. The molecular formula is C11H23KO4S. The Bertz CT molecular complexity index is 254. The van der Waals surface area contributed by atoms with E-state index in [1.54, 1.807) is 0 Å². The van der Waals surface area contributed by atoms with Crippen molar-refractivity contribution in [3.8, 4) is 0 Å². The zero-order chi connectivity index (χ0) is 12.4. The topological polar surface area (TPSA) is 77.4 Å². The van der Waals surface area contributed by atoms with Crippen LogP contribution in [0.5, 0.6) is 0 Å². The molecular weight excluding hydrogens is 267 g/mol. The second kappa shape index (κ2) is 12.5. The van der Waals surface area contributed by atoms with Crippen molar-refractivity contribution in [2.24, 2.45) is 0 Å². The van der Waals surface area contributed by atoms with Gasteiger partial charge in [-0.2, -0.15) is 0 Å². The molecule has 0 aromatic rings. The molecule has 6 heteroatoms. The van der Waals surface area contributed by atoms with Gasteiger partial charge in [-0.25, -0.2) is 8.42 Å². The van der Waals surface area contributed by atoms with E-state index in [1.165, 1.54) is 25.7 Å². The summed E-state index contributed by atoms with van der Waals surface area (Å²) in [6.45, 7) is 2.17. The van der Waals surface area contributed by atoms with Gasteiger partial charge in [-0.3, -0.25) is 0 Å². The van der Waals surface area contributed by atoms with Crippen LogP contribution < -0.4 is 51.4 Å². The van der Waals surface area contributed by atoms with E-state index in [-0.39, 0.29) is 51.4 Å². The van der Waals surface area contributed by atoms with Crippen LogP contribution in [0.25, 0.3) is 0 Å². The number of unbranched alkanes of at least 4 members (excludes halogenated alkanes) is 6. The van der Waals surface area contributed by atoms with Gasteiger partial charge in [0.1, 0.15) is 0 Å². The molecule has 0 rings (SSSR count). The first-order chi connectivity index (χ1) is 7.45. The fraction of sp³-hybridized carbons (Fsp3) is 1.00. The van der Waals surface area contributed by atoms with Crippen molar-refractivity contribution < 1.29 is 69.5 Å². The number of hydrogen-bond donors (Lipinski definition) is 1. The van der Waals surface area contributed by atoms with Crippen molar-refractivity contribution in [1.29, 1.82) is 0 Å². The van der Waals surface area contributed by atoms with Gasteiger partial charge in [0.15, 0.2) is 0 Å². The van der Waals surface area contributed by atoms with Gasteiger partial charge in [0.2, 0.25) is 0 Å². The summed E-state index contributed by atoms with van der Waals surface area (Å²) < 4.78 is 31.0. The first kappa shape index (κ1) is 20.8. The molecule has 98 valence electrons. The Morgan fingerprint density at radius 3 is 2.00 bits per heavy atom. The molecule has 17 heavy (non-hydrogen) atoms. The van der Waals surface area contributed by atoms with Gasteiger partial charge < -0.3 is 9.66 Å². The first-order valence-electron chi connectivity index (χ1n) is 6.07. The molecule has 0 heterocycles. The summed E-state index contributed by atoms with van der Waals surface area (Å²) in [4.78, 5) is 0. The minimum Gasteiger partial charge on any atom is -0.748 e. The van der Waals surface area contributed by atoms with Crippen LogP contribution in [0, 0.1) is 0 Å². The number of hydrogen-bond acceptors (Lipinski definition) is 4. The molecule has 0 aromatic carbocycles. The van der Waals surface area contributed by atoms with Gasteiger partial charge in [0.05, 0.1) is 22.0 Å². The second-order valence-corrected chi connectivity index (χ2v) is 5.74. The Hall–Kier alpha value is 1.51. The Labute approximate surface area is 148 Å². The van der Waals surface area contributed by atoms with Crippen LogP contribution in [-0.2, 0) is 10.1 Å². The third-order valence-electron chi connectivity index (χ3n) is 2.54. The molecule has 1 atom stereocenters. The van der Waals surface area contributed by atoms with Crippen LogP contribution in [0.15, 0.2) is 0 Å². The summed E-state index contributed by atoms with van der Waals surface area (Å²) in [6.07, 6.45) is 7.27. The van der Waals surface area contributed by atoms with Crippen LogP contribution in [0.4, 0.5) is 0 Å². The number of aliphatic hydroxyl groups is 1. The Morgan fingerprint density at radius 2 is 1.53 bits per heavy atom. The van der Waals surface area contributed by atoms with Crippen LogP contribution >= 0.6 is 0 Å². The molecule has 0 aromatic heterocycles. The molecule has 0 radical (unpaired) electrons. The van der Waals surface area contributed by atoms with Crippen molar-refractivity contribution >= 4 is 10.1 Å². The van der Waals surface area contributed by atoms with Crippen molar-refractivity contribution in [2.75, 3.05) is 5.75 Å². The average molecular weight is 290 g/mol. The molecule has 0 saturated heterocycles. The summed E-state index contributed by atoms with van der Waals surface area (Å²) in [5.41, 5.74) is 0. The number of aliphatic hydroxyl groups excluding tert-OH is 1. The predicted octanol–water partition coefficient (Wildman–Crippen LogP) is -0.963. The van der Waals surface area contributed by atoms with Crippen molar-refractivity contribution in [1.82, 2.24) is 0 Å². The molecule has 0 aliphatic heterocycles. The van der Waals surface area contributed by atoms with E-state index >= 15 is 0 Å². The van der Waals surface area contributed by atoms with Crippen LogP contribution in [0.2, 0.25) is 0 Å². The van der Waals surface area contributed by atoms with Crippen LogP contribution in [0.3, 0.4) is 0 Å². The first-order valence-corrected chi connectivity index (χ1v) is 7.65. The third-order valence-corrected chi connectivity index (χ3v) is 3.33. The monoisotopic (exact) mass is 290 g/mol. The molecule has 0 aliphatic carbocycles. The maximum Gasteiger partial charge on any atom is 1.00 e. The fourth-order valence-corrected chi connectivity index (χ4v) is 2.29.